The molecular weight excluding hydrogens is 292 g/mol. The van der Waals surface area contributed by atoms with Gasteiger partial charge in [0.25, 0.3) is 5.91 Å². The van der Waals surface area contributed by atoms with Gasteiger partial charge in [-0.2, -0.15) is 20.9 Å². The number of aromatic amines is 1. The predicted octanol–water partition coefficient (Wildman–Crippen LogP) is 2.79. The van der Waals surface area contributed by atoms with Crippen LogP contribution in [0.2, 0.25) is 0 Å². The Morgan fingerprint density at radius 2 is 1.91 bits per heavy atom. The van der Waals surface area contributed by atoms with E-state index in [-0.39, 0.29) is 11.8 Å². The molecular formula is C17H18N4O2. The van der Waals surface area contributed by atoms with Crippen LogP contribution in [0.3, 0.4) is 0 Å². The van der Waals surface area contributed by atoms with Crippen molar-refractivity contribution >= 4 is 16.9 Å². The standard InChI is InChI=1S/C17H18N4O2/c1-10-4-7-16(11(2)8-10)23-20-17(22)12(3)13-5-6-14-15(9-13)19-21-18-14/h4-9,12H,1-3H3,(H,20,22)(H,18,19,21). The molecule has 0 spiro atoms. The molecule has 1 unspecified atom stereocenters. The van der Waals surface area contributed by atoms with E-state index in [4.69, 9.17) is 4.84 Å². The zero-order valence-electron chi connectivity index (χ0n) is 13.3. The van der Waals surface area contributed by atoms with Crippen molar-refractivity contribution in [2.45, 2.75) is 26.7 Å². The second kappa shape index (κ2) is 6.08. The lowest BCUT2D eigenvalue weighted by Gasteiger charge is -2.14. The van der Waals surface area contributed by atoms with Crippen molar-refractivity contribution in [2.75, 3.05) is 0 Å². The maximum Gasteiger partial charge on any atom is 0.259 e. The van der Waals surface area contributed by atoms with Crippen LogP contribution in [0.25, 0.3) is 11.0 Å². The Morgan fingerprint density at radius 1 is 1.13 bits per heavy atom. The van der Waals surface area contributed by atoms with E-state index in [1.807, 2.05) is 57.2 Å². The lowest BCUT2D eigenvalue weighted by atomic mass is 10.0. The molecule has 1 heterocycles. The highest BCUT2D eigenvalue weighted by Crippen LogP contribution is 2.21. The van der Waals surface area contributed by atoms with Gasteiger partial charge in [-0.1, -0.05) is 23.8 Å². The number of aromatic nitrogens is 3. The van der Waals surface area contributed by atoms with Crippen molar-refractivity contribution in [2.24, 2.45) is 0 Å². The van der Waals surface area contributed by atoms with Gasteiger partial charge in [0.1, 0.15) is 11.0 Å². The first-order valence-corrected chi connectivity index (χ1v) is 7.39. The number of hydroxylamine groups is 1. The van der Waals surface area contributed by atoms with Gasteiger partial charge in [0.05, 0.1) is 5.92 Å². The van der Waals surface area contributed by atoms with E-state index in [0.717, 1.165) is 27.7 Å². The summed E-state index contributed by atoms with van der Waals surface area (Å²) in [5, 5.41) is 10.6. The molecule has 0 saturated heterocycles. The summed E-state index contributed by atoms with van der Waals surface area (Å²) in [6, 6.07) is 11.3. The molecule has 0 aliphatic heterocycles. The first-order valence-electron chi connectivity index (χ1n) is 7.39. The molecule has 118 valence electrons. The Bertz CT molecular complexity index is 857. The van der Waals surface area contributed by atoms with Gasteiger partial charge in [-0.15, -0.1) is 0 Å². The maximum absolute atomic E-state index is 12.3. The van der Waals surface area contributed by atoms with Gasteiger partial charge in [0, 0.05) is 0 Å². The topological polar surface area (TPSA) is 79.9 Å². The molecule has 0 saturated carbocycles. The maximum atomic E-state index is 12.3. The largest absolute Gasteiger partial charge is 0.379 e. The number of hydrogen-bond donors (Lipinski definition) is 2. The molecule has 0 radical (unpaired) electrons. The van der Waals surface area contributed by atoms with Gasteiger partial charge in [0.15, 0.2) is 5.75 Å². The fourth-order valence-electron chi connectivity index (χ4n) is 2.39. The summed E-state index contributed by atoms with van der Waals surface area (Å²) in [6.07, 6.45) is 0. The van der Waals surface area contributed by atoms with Crippen LogP contribution in [0.4, 0.5) is 0 Å². The summed E-state index contributed by atoms with van der Waals surface area (Å²) in [4.78, 5) is 17.7. The van der Waals surface area contributed by atoms with E-state index < -0.39 is 0 Å². The van der Waals surface area contributed by atoms with Gasteiger partial charge < -0.3 is 4.84 Å². The first-order chi connectivity index (χ1) is 11.0. The number of nitrogens with one attached hydrogen (secondary N) is 2. The summed E-state index contributed by atoms with van der Waals surface area (Å²) >= 11 is 0. The van der Waals surface area contributed by atoms with Crippen molar-refractivity contribution in [1.29, 1.82) is 0 Å². The molecule has 6 nitrogen and oxygen atoms in total. The van der Waals surface area contributed by atoms with Gasteiger partial charge in [-0.25, -0.2) is 0 Å². The molecule has 0 aliphatic carbocycles. The third kappa shape index (κ3) is 3.15. The van der Waals surface area contributed by atoms with Crippen molar-refractivity contribution in [3.8, 4) is 5.75 Å². The van der Waals surface area contributed by atoms with Crippen LogP contribution in [0, 0.1) is 13.8 Å². The van der Waals surface area contributed by atoms with Crippen LogP contribution in [-0.4, -0.2) is 21.3 Å². The number of aryl methyl sites for hydroxylation is 2. The van der Waals surface area contributed by atoms with E-state index in [9.17, 15) is 4.79 Å². The minimum absolute atomic E-state index is 0.215. The van der Waals surface area contributed by atoms with Crippen LogP contribution >= 0.6 is 0 Å². The Labute approximate surface area is 133 Å². The third-order valence-electron chi connectivity index (χ3n) is 3.83. The fraction of sp³-hybridized carbons (Fsp3) is 0.235. The summed E-state index contributed by atoms with van der Waals surface area (Å²) < 4.78 is 0. The minimum Gasteiger partial charge on any atom is -0.379 e. The van der Waals surface area contributed by atoms with Gasteiger partial charge in [-0.3, -0.25) is 4.79 Å². The Kier molecular flexibility index (Phi) is 3.97. The Hall–Kier alpha value is -2.89. The van der Waals surface area contributed by atoms with Gasteiger partial charge in [-0.05, 0) is 50.1 Å². The van der Waals surface area contributed by atoms with Crippen LogP contribution < -0.4 is 10.3 Å². The normalized spacial score (nSPS) is 12.1. The van der Waals surface area contributed by atoms with Crippen molar-refractivity contribution in [1.82, 2.24) is 20.9 Å². The van der Waals surface area contributed by atoms with Gasteiger partial charge in [0.2, 0.25) is 0 Å². The lowest BCUT2D eigenvalue weighted by molar-refractivity contribution is -0.128. The number of benzene rings is 2. The first kappa shape index (κ1) is 15.0. The molecule has 2 aromatic carbocycles. The van der Waals surface area contributed by atoms with Crippen molar-refractivity contribution in [3.05, 3.63) is 53.1 Å². The summed E-state index contributed by atoms with van der Waals surface area (Å²) in [6.45, 7) is 5.77. The molecule has 1 atom stereocenters. The number of hydrogen-bond acceptors (Lipinski definition) is 4. The van der Waals surface area contributed by atoms with Crippen LogP contribution in [-0.2, 0) is 4.79 Å². The molecule has 6 heteroatoms. The smallest absolute Gasteiger partial charge is 0.259 e. The summed E-state index contributed by atoms with van der Waals surface area (Å²) in [7, 11) is 0. The molecule has 3 rings (SSSR count). The Morgan fingerprint density at radius 3 is 2.70 bits per heavy atom. The molecule has 0 bridgehead atoms. The fourth-order valence-corrected chi connectivity index (χ4v) is 2.39. The molecule has 2 N–H and O–H groups in total. The van der Waals surface area contributed by atoms with E-state index in [2.05, 4.69) is 20.9 Å². The second-order valence-corrected chi connectivity index (χ2v) is 5.63. The number of fused-ring (bicyclic) bond motifs is 1. The van der Waals surface area contributed by atoms with E-state index in [1.54, 1.807) is 0 Å². The number of amides is 1. The number of carbonyl (C=O) groups is 1. The molecule has 0 aliphatic rings. The zero-order chi connectivity index (χ0) is 16.4. The monoisotopic (exact) mass is 310 g/mol. The van der Waals surface area contributed by atoms with Gasteiger partial charge >= 0.3 is 0 Å². The van der Waals surface area contributed by atoms with Crippen LogP contribution in [0.5, 0.6) is 5.75 Å². The van der Waals surface area contributed by atoms with E-state index >= 15 is 0 Å². The van der Waals surface area contributed by atoms with Crippen LogP contribution in [0.15, 0.2) is 36.4 Å². The van der Waals surface area contributed by atoms with Crippen LogP contribution in [0.1, 0.15) is 29.5 Å². The number of H-pyrrole nitrogens is 1. The highest BCUT2D eigenvalue weighted by molar-refractivity contribution is 5.84. The number of rotatable bonds is 4. The highest BCUT2D eigenvalue weighted by Gasteiger charge is 2.17. The summed E-state index contributed by atoms with van der Waals surface area (Å²) in [5.41, 5.74) is 7.00. The Balaban J connectivity index is 1.69. The molecule has 23 heavy (non-hydrogen) atoms. The summed E-state index contributed by atoms with van der Waals surface area (Å²) in [5.74, 6) is 0.0674. The SMILES string of the molecule is Cc1ccc(ONC(=O)C(C)c2ccc3n[nH]nc3c2)c(C)c1. The molecule has 0 fully saturated rings. The zero-order valence-corrected chi connectivity index (χ0v) is 13.3. The number of nitrogens with zero attached hydrogens (tertiary/aromatic N) is 2. The third-order valence-corrected chi connectivity index (χ3v) is 3.83. The number of carbonyl (C=O) groups excluding carboxylic acids is 1. The highest BCUT2D eigenvalue weighted by atomic mass is 16.7. The quantitative estimate of drug-likeness (QED) is 0.726. The molecule has 1 aromatic heterocycles. The molecule has 3 aromatic rings. The predicted molar refractivity (Wildman–Crippen MR) is 87.0 cm³/mol. The lowest BCUT2D eigenvalue weighted by Crippen LogP contribution is -2.31. The van der Waals surface area contributed by atoms with E-state index in [1.165, 1.54) is 0 Å². The minimum atomic E-state index is -0.359. The molecule has 1 amide bonds. The van der Waals surface area contributed by atoms with Crippen molar-refractivity contribution in [3.63, 3.8) is 0 Å². The van der Waals surface area contributed by atoms with E-state index in [0.29, 0.717) is 5.75 Å². The average Bonchev–Trinajstić information content (AvgIpc) is 3.00. The second-order valence-electron chi connectivity index (χ2n) is 5.63. The average molecular weight is 310 g/mol. The van der Waals surface area contributed by atoms with Crippen molar-refractivity contribution < 1.29 is 9.63 Å².